The molecule has 22 heavy (non-hydrogen) atoms. The first kappa shape index (κ1) is 14.7. The fourth-order valence-electron chi connectivity index (χ4n) is 2.02. The summed E-state index contributed by atoms with van der Waals surface area (Å²) in [6, 6.07) is 10.4. The van der Waals surface area contributed by atoms with Crippen molar-refractivity contribution >= 4 is 40.1 Å². The number of carbonyl (C=O) groups excluding carboxylic acids is 1. The maximum absolute atomic E-state index is 10.4. The van der Waals surface area contributed by atoms with Crippen LogP contribution in [0.25, 0.3) is 22.2 Å². The van der Waals surface area contributed by atoms with Gasteiger partial charge in [-0.05, 0) is 24.3 Å². The normalized spacial score (nSPS) is 10.8. The van der Waals surface area contributed by atoms with E-state index in [0.29, 0.717) is 21.7 Å². The van der Waals surface area contributed by atoms with E-state index in [1.165, 1.54) is 0 Å². The Morgan fingerprint density at radius 2 is 1.91 bits per heavy atom. The van der Waals surface area contributed by atoms with Gasteiger partial charge in [0, 0.05) is 10.6 Å². The minimum atomic E-state index is -1.34. The molecule has 0 spiro atoms. The van der Waals surface area contributed by atoms with E-state index < -0.39 is 12.6 Å². The van der Waals surface area contributed by atoms with Crippen LogP contribution in [0.1, 0.15) is 0 Å². The summed E-state index contributed by atoms with van der Waals surface area (Å²) in [6.07, 6.45) is 0. The zero-order valence-corrected chi connectivity index (χ0v) is 12.5. The molecule has 0 amide bonds. The Hall–Kier alpha value is -2.24. The van der Waals surface area contributed by atoms with Crippen molar-refractivity contribution in [1.29, 1.82) is 0 Å². The highest BCUT2D eigenvalue weighted by Crippen LogP contribution is 2.37. The van der Waals surface area contributed by atoms with E-state index >= 15 is 0 Å². The van der Waals surface area contributed by atoms with Gasteiger partial charge in [0.25, 0.3) is 0 Å². The minimum absolute atomic E-state index is 0.159. The summed E-state index contributed by atoms with van der Waals surface area (Å²) in [5, 5.41) is 15.9. The monoisotopic (exact) mass is 336 g/mol. The maximum atomic E-state index is 10.4. The number of aromatic nitrogens is 1. The third-order valence-electron chi connectivity index (χ3n) is 3.01. The van der Waals surface area contributed by atoms with Gasteiger partial charge >= 0.3 is 0 Å². The highest BCUT2D eigenvalue weighted by Gasteiger charge is 2.16. The van der Waals surface area contributed by atoms with Crippen molar-refractivity contribution in [2.75, 3.05) is 6.61 Å². The number of benzene rings is 2. The number of hydrogen-bond donors (Lipinski definition) is 0. The van der Waals surface area contributed by atoms with Crippen molar-refractivity contribution in [2.45, 2.75) is 0 Å². The van der Waals surface area contributed by atoms with E-state index in [4.69, 9.17) is 32.5 Å². The van der Waals surface area contributed by atoms with Crippen LogP contribution < -0.4 is 9.84 Å². The number of hydrogen-bond acceptors (Lipinski definition) is 5. The van der Waals surface area contributed by atoms with E-state index in [2.05, 4.69) is 5.16 Å². The molecule has 3 aromatic rings. The molecule has 0 N–H and O–H groups in total. The molecule has 0 unspecified atom stereocenters. The SMILES string of the molecule is O=C([O-])COc1ccc2c(-c3ccc(Cl)cc3)noc2c1Cl. The summed E-state index contributed by atoms with van der Waals surface area (Å²) >= 11 is 12.0. The lowest BCUT2D eigenvalue weighted by atomic mass is 10.1. The van der Waals surface area contributed by atoms with Gasteiger partial charge < -0.3 is 19.2 Å². The number of aliphatic carboxylic acids is 1. The van der Waals surface area contributed by atoms with Crippen molar-refractivity contribution in [1.82, 2.24) is 5.16 Å². The first-order valence-electron chi connectivity index (χ1n) is 6.22. The van der Waals surface area contributed by atoms with Gasteiger partial charge in [0.05, 0.1) is 11.4 Å². The first-order chi connectivity index (χ1) is 10.6. The zero-order valence-electron chi connectivity index (χ0n) is 11.0. The largest absolute Gasteiger partial charge is 0.546 e. The van der Waals surface area contributed by atoms with Crippen LogP contribution in [-0.2, 0) is 4.79 Å². The van der Waals surface area contributed by atoms with Crippen LogP contribution in [0, 0.1) is 0 Å². The fourth-order valence-corrected chi connectivity index (χ4v) is 2.40. The van der Waals surface area contributed by atoms with E-state index in [1.54, 1.807) is 24.3 Å². The topological polar surface area (TPSA) is 75.4 Å². The van der Waals surface area contributed by atoms with Gasteiger partial charge in [0.2, 0.25) is 0 Å². The number of ether oxygens (including phenoxy) is 1. The summed E-state index contributed by atoms with van der Waals surface area (Å²) < 4.78 is 10.3. The molecule has 0 aliphatic rings. The number of fused-ring (bicyclic) bond motifs is 1. The van der Waals surface area contributed by atoms with Crippen molar-refractivity contribution in [2.24, 2.45) is 0 Å². The van der Waals surface area contributed by atoms with E-state index in [0.717, 1.165) is 5.56 Å². The molecule has 1 heterocycles. The highest BCUT2D eigenvalue weighted by molar-refractivity contribution is 6.36. The molecular weight excluding hydrogens is 329 g/mol. The van der Waals surface area contributed by atoms with Crippen molar-refractivity contribution in [3.8, 4) is 17.0 Å². The molecule has 7 heteroatoms. The number of nitrogens with zero attached hydrogens (tertiary/aromatic N) is 1. The predicted molar refractivity (Wildman–Crippen MR) is 80.0 cm³/mol. The Balaban J connectivity index is 2.03. The minimum Gasteiger partial charge on any atom is -0.546 e. The molecule has 0 atom stereocenters. The molecule has 112 valence electrons. The lowest BCUT2D eigenvalue weighted by molar-refractivity contribution is -0.307. The quantitative estimate of drug-likeness (QED) is 0.732. The molecule has 0 radical (unpaired) electrons. The molecule has 1 aromatic heterocycles. The summed E-state index contributed by atoms with van der Waals surface area (Å²) in [7, 11) is 0. The Morgan fingerprint density at radius 3 is 2.59 bits per heavy atom. The molecule has 0 saturated carbocycles. The Labute approximate surface area is 135 Å². The van der Waals surface area contributed by atoms with Crippen LogP contribution in [-0.4, -0.2) is 17.7 Å². The van der Waals surface area contributed by atoms with E-state index in [9.17, 15) is 9.90 Å². The average Bonchev–Trinajstić information content (AvgIpc) is 2.92. The molecule has 0 saturated heterocycles. The van der Waals surface area contributed by atoms with Crippen molar-refractivity contribution in [3.05, 3.63) is 46.4 Å². The second kappa shape index (κ2) is 5.87. The summed E-state index contributed by atoms with van der Waals surface area (Å²) in [5.74, 6) is -1.15. The fraction of sp³-hybridized carbons (Fsp3) is 0.0667. The first-order valence-corrected chi connectivity index (χ1v) is 6.98. The van der Waals surface area contributed by atoms with Crippen molar-refractivity contribution < 1.29 is 19.2 Å². The van der Waals surface area contributed by atoms with Gasteiger partial charge in [-0.2, -0.15) is 0 Å². The van der Waals surface area contributed by atoms with E-state index in [1.807, 2.05) is 12.1 Å². The third-order valence-corrected chi connectivity index (χ3v) is 3.62. The van der Waals surface area contributed by atoms with Crippen LogP contribution >= 0.6 is 23.2 Å². The van der Waals surface area contributed by atoms with Gasteiger partial charge in [-0.15, -0.1) is 0 Å². The van der Waals surface area contributed by atoms with Crippen LogP contribution in [0.5, 0.6) is 5.75 Å². The molecule has 2 aromatic carbocycles. The summed E-state index contributed by atoms with van der Waals surface area (Å²) in [5.41, 5.74) is 1.75. The molecular formula is C15H8Cl2NO4-. The number of carboxylic acids is 1. The van der Waals surface area contributed by atoms with Gasteiger partial charge in [-0.1, -0.05) is 40.5 Å². The zero-order chi connectivity index (χ0) is 15.7. The lowest BCUT2D eigenvalue weighted by Crippen LogP contribution is -2.28. The second-order valence-electron chi connectivity index (χ2n) is 4.45. The number of rotatable bonds is 4. The van der Waals surface area contributed by atoms with Crippen LogP contribution in [0.15, 0.2) is 40.9 Å². The predicted octanol–water partition coefficient (Wildman–Crippen LogP) is 2.93. The number of carbonyl (C=O) groups is 1. The highest BCUT2D eigenvalue weighted by atomic mass is 35.5. The van der Waals surface area contributed by atoms with Crippen LogP contribution in [0.2, 0.25) is 10.0 Å². The average molecular weight is 337 g/mol. The Bertz CT molecular complexity index is 843. The van der Waals surface area contributed by atoms with Crippen molar-refractivity contribution in [3.63, 3.8) is 0 Å². The Kier molecular flexibility index (Phi) is 3.92. The maximum Gasteiger partial charge on any atom is 0.189 e. The van der Waals surface area contributed by atoms with Gasteiger partial charge in [0.1, 0.15) is 23.1 Å². The standard InChI is InChI=1S/C15H9Cl2NO4/c16-9-3-1-8(2-4-9)14-10-5-6-11(21-7-12(19)20)13(17)15(10)22-18-14/h1-6H,7H2,(H,19,20)/p-1. The molecule has 3 rings (SSSR count). The van der Waals surface area contributed by atoms with Gasteiger partial charge in [0.15, 0.2) is 5.58 Å². The molecule has 0 bridgehead atoms. The number of carboxylic acid groups (broad SMARTS) is 1. The van der Waals surface area contributed by atoms with Gasteiger partial charge in [-0.3, -0.25) is 0 Å². The molecule has 0 fully saturated rings. The van der Waals surface area contributed by atoms with Crippen LogP contribution in [0.4, 0.5) is 0 Å². The van der Waals surface area contributed by atoms with Crippen LogP contribution in [0.3, 0.4) is 0 Å². The lowest BCUT2D eigenvalue weighted by Gasteiger charge is -2.08. The number of halogens is 2. The Morgan fingerprint density at radius 1 is 1.18 bits per heavy atom. The smallest absolute Gasteiger partial charge is 0.189 e. The third kappa shape index (κ3) is 2.73. The molecule has 0 aliphatic carbocycles. The summed E-state index contributed by atoms with van der Waals surface area (Å²) in [6.45, 7) is -0.594. The summed E-state index contributed by atoms with van der Waals surface area (Å²) in [4.78, 5) is 10.4. The molecule has 0 aliphatic heterocycles. The molecule has 5 nitrogen and oxygen atoms in total. The second-order valence-corrected chi connectivity index (χ2v) is 5.27. The van der Waals surface area contributed by atoms with Gasteiger partial charge in [-0.25, -0.2) is 0 Å². The van der Waals surface area contributed by atoms with E-state index in [-0.39, 0.29) is 10.8 Å².